The molecule has 2 unspecified atom stereocenters. The molecule has 0 radical (unpaired) electrons. The van der Waals surface area contributed by atoms with Crippen molar-refractivity contribution in [3.8, 4) is 5.75 Å². The minimum absolute atomic E-state index is 0.0258. The molecule has 2 fully saturated rings. The molecule has 2 N–H and O–H groups in total. The van der Waals surface area contributed by atoms with Crippen LogP contribution in [0.5, 0.6) is 5.75 Å². The second-order valence-corrected chi connectivity index (χ2v) is 11.6. The molecule has 2 aliphatic heterocycles. The van der Waals surface area contributed by atoms with Crippen LogP contribution in [0.15, 0.2) is 36.4 Å². The number of fused-ring (bicyclic) bond motifs is 2. The molecule has 2 bridgehead atoms. The van der Waals surface area contributed by atoms with Gasteiger partial charge in [-0.2, -0.15) is 0 Å². The van der Waals surface area contributed by atoms with Crippen LogP contribution >= 0.6 is 0 Å². The van der Waals surface area contributed by atoms with Crippen molar-refractivity contribution in [2.75, 3.05) is 0 Å². The van der Waals surface area contributed by atoms with Crippen molar-refractivity contribution in [3.05, 3.63) is 42.0 Å². The number of benzene rings is 1. The summed E-state index contributed by atoms with van der Waals surface area (Å²) in [5.74, 6) is 0.611. The predicted octanol–water partition coefficient (Wildman–Crippen LogP) is 6.96. The van der Waals surface area contributed by atoms with Gasteiger partial charge in [0.1, 0.15) is 11.9 Å². The van der Waals surface area contributed by atoms with E-state index in [4.69, 9.17) is 9.47 Å². The molecule has 1 aromatic rings. The molecule has 0 spiro atoms. The van der Waals surface area contributed by atoms with Gasteiger partial charge in [0.05, 0.1) is 24.7 Å². The van der Waals surface area contributed by atoms with E-state index >= 15 is 0 Å². The minimum atomic E-state index is -0.818. The lowest BCUT2D eigenvalue weighted by atomic mass is 9.75. The SMILES string of the molecule is CCCCC[C@H](CC(=O)O)Oc1cccc(C[C@@H]2C(C=CC(O)C(C)(C)CCCC)[C@@H]3CC[C@H]2O3)c1. The van der Waals surface area contributed by atoms with Gasteiger partial charge < -0.3 is 19.7 Å². The lowest BCUT2D eigenvalue weighted by Crippen LogP contribution is -2.30. The average Bonchev–Trinajstić information content (AvgIpc) is 3.43. The maximum Gasteiger partial charge on any atom is 0.307 e. The van der Waals surface area contributed by atoms with E-state index in [9.17, 15) is 15.0 Å². The number of rotatable bonds is 16. The van der Waals surface area contributed by atoms with Crippen LogP contribution in [0.1, 0.15) is 97.5 Å². The highest BCUT2D eigenvalue weighted by molar-refractivity contribution is 5.67. The van der Waals surface area contributed by atoms with Crippen LogP contribution in [0, 0.1) is 17.3 Å². The van der Waals surface area contributed by atoms with Gasteiger partial charge in [-0.15, -0.1) is 0 Å². The van der Waals surface area contributed by atoms with E-state index in [-0.39, 0.29) is 30.1 Å². The summed E-state index contributed by atoms with van der Waals surface area (Å²) < 4.78 is 12.5. The highest BCUT2D eigenvalue weighted by Crippen LogP contribution is 2.46. The first-order chi connectivity index (χ1) is 17.2. The van der Waals surface area contributed by atoms with Crippen molar-refractivity contribution < 1.29 is 24.5 Å². The Labute approximate surface area is 218 Å². The van der Waals surface area contributed by atoms with Crippen molar-refractivity contribution in [2.45, 2.75) is 123 Å². The molecule has 2 saturated heterocycles. The van der Waals surface area contributed by atoms with Gasteiger partial charge in [-0.3, -0.25) is 4.79 Å². The van der Waals surface area contributed by atoms with E-state index in [1.54, 1.807) is 0 Å². The number of aliphatic carboxylic acids is 1. The molecule has 2 heterocycles. The monoisotopic (exact) mass is 500 g/mol. The molecule has 3 rings (SSSR count). The second kappa shape index (κ2) is 13.6. The number of carbonyl (C=O) groups is 1. The summed E-state index contributed by atoms with van der Waals surface area (Å²) in [7, 11) is 0. The third kappa shape index (κ3) is 8.08. The lowest BCUT2D eigenvalue weighted by Gasteiger charge is -2.30. The first-order valence-electron chi connectivity index (χ1n) is 14.2. The van der Waals surface area contributed by atoms with Gasteiger partial charge in [0.25, 0.3) is 0 Å². The fourth-order valence-electron chi connectivity index (χ4n) is 5.85. The van der Waals surface area contributed by atoms with Gasteiger partial charge in [0.2, 0.25) is 0 Å². The maximum absolute atomic E-state index is 11.3. The lowest BCUT2D eigenvalue weighted by molar-refractivity contribution is -0.138. The van der Waals surface area contributed by atoms with E-state index in [0.717, 1.165) is 70.0 Å². The summed E-state index contributed by atoms with van der Waals surface area (Å²) in [4.78, 5) is 11.3. The number of carboxylic acids is 1. The van der Waals surface area contributed by atoms with E-state index < -0.39 is 12.1 Å². The Morgan fingerprint density at radius 1 is 1.17 bits per heavy atom. The van der Waals surface area contributed by atoms with Gasteiger partial charge in [-0.25, -0.2) is 0 Å². The fraction of sp³-hybridized carbons (Fsp3) is 0.710. The van der Waals surface area contributed by atoms with Gasteiger partial charge in [-0.1, -0.05) is 77.7 Å². The highest BCUT2D eigenvalue weighted by Gasteiger charge is 2.47. The molecule has 6 atom stereocenters. The van der Waals surface area contributed by atoms with E-state index in [1.807, 2.05) is 18.2 Å². The molecule has 5 nitrogen and oxygen atoms in total. The predicted molar refractivity (Wildman–Crippen MR) is 144 cm³/mol. The molecule has 5 heteroatoms. The van der Waals surface area contributed by atoms with E-state index in [2.05, 4.69) is 45.9 Å². The Balaban J connectivity index is 1.66. The zero-order valence-corrected chi connectivity index (χ0v) is 22.8. The summed E-state index contributed by atoms with van der Waals surface area (Å²) in [6, 6.07) is 8.14. The van der Waals surface area contributed by atoms with Crippen LogP contribution in [-0.4, -0.2) is 40.6 Å². The van der Waals surface area contributed by atoms with Crippen LogP contribution < -0.4 is 4.74 Å². The molecule has 1 aromatic carbocycles. The van der Waals surface area contributed by atoms with Crippen molar-refractivity contribution in [1.29, 1.82) is 0 Å². The second-order valence-electron chi connectivity index (χ2n) is 11.6. The smallest absolute Gasteiger partial charge is 0.307 e. The average molecular weight is 501 g/mol. The quantitative estimate of drug-likeness (QED) is 0.190. The number of hydrogen-bond acceptors (Lipinski definition) is 4. The summed E-state index contributed by atoms with van der Waals surface area (Å²) in [6.07, 6.45) is 14.3. The first-order valence-corrected chi connectivity index (χ1v) is 14.2. The maximum atomic E-state index is 11.3. The molecule has 0 aliphatic carbocycles. The molecule has 0 saturated carbocycles. The third-order valence-corrected chi connectivity index (χ3v) is 8.18. The number of carboxylic acid groups (broad SMARTS) is 1. The molecule has 36 heavy (non-hydrogen) atoms. The Bertz CT molecular complexity index is 847. The molecular formula is C31H48O5. The Hall–Kier alpha value is -1.85. The number of aliphatic hydroxyl groups excluding tert-OH is 1. The van der Waals surface area contributed by atoms with Crippen LogP contribution in [0.25, 0.3) is 0 Å². The van der Waals surface area contributed by atoms with Crippen LogP contribution in [0.2, 0.25) is 0 Å². The minimum Gasteiger partial charge on any atom is -0.490 e. The normalized spacial score (nSPS) is 25.4. The van der Waals surface area contributed by atoms with Gasteiger partial charge >= 0.3 is 5.97 Å². The highest BCUT2D eigenvalue weighted by atomic mass is 16.5. The summed E-state index contributed by atoms with van der Waals surface area (Å²) >= 11 is 0. The standard InChI is InChI=1S/C31H48O5/c1-5-7-9-12-24(21-30(33)34)35-23-13-10-11-22(19-23)20-26-25(27-15-16-28(26)36-27)14-17-29(32)31(3,4)18-8-6-2/h10-11,13-14,17,19,24-29,32H,5-9,12,15-16,18,20-21H2,1-4H3,(H,33,34)/t24-,25?,26-,27+,28-,29?/m1/s1. The number of hydrogen-bond donors (Lipinski definition) is 2. The molecular weight excluding hydrogens is 452 g/mol. The topological polar surface area (TPSA) is 76.0 Å². The third-order valence-electron chi connectivity index (χ3n) is 8.18. The summed E-state index contributed by atoms with van der Waals surface area (Å²) in [5, 5.41) is 20.2. The zero-order chi connectivity index (χ0) is 26.1. The van der Waals surface area contributed by atoms with Gasteiger partial charge in [0, 0.05) is 5.92 Å². The summed E-state index contributed by atoms with van der Waals surface area (Å²) in [5.41, 5.74) is 1.06. The largest absolute Gasteiger partial charge is 0.490 e. The van der Waals surface area contributed by atoms with E-state index in [0.29, 0.717) is 11.8 Å². The van der Waals surface area contributed by atoms with E-state index in [1.165, 1.54) is 5.56 Å². The Morgan fingerprint density at radius 2 is 1.92 bits per heavy atom. The molecule has 202 valence electrons. The molecule has 2 aliphatic rings. The molecule has 0 aromatic heterocycles. The number of aliphatic hydroxyl groups is 1. The molecule has 0 amide bonds. The van der Waals surface area contributed by atoms with Gasteiger partial charge in [-0.05, 0) is 67.6 Å². The van der Waals surface area contributed by atoms with Crippen molar-refractivity contribution in [1.82, 2.24) is 0 Å². The van der Waals surface area contributed by atoms with Crippen LogP contribution in [-0.2, 0) is 16.0 Å². The number of unbranched alkanes of at least 4 members (excludes halogenated alkanes) is 3. The zero-order valence-electron chi connectivity index (χ0n) is 22.8. The van der Waals surface area contributed by atoms with Crippen molar-refractivity contribution in [2.24, 2.45) is 17.3 Å². The van der Waals surface area contributed by atoms with Crippen LogP contribution in [0.4, 0.5) is 0 Å². The summed E-state index contributed by atoms with van der Waals surface area (Å²) in [6.45, 7) is 8.64. The van der Waals surface area contributed by atoms with Crippen LogP contribution in [0.3, 0.4) is 0 Å². The Morgan fingerprint density at radius 3 is 2.64 bits per heavy atom. The Kier molecular flexibility index (Phi) is 10.9. The fourth-order valence-corrected chi connectivity index (χ4v) is 5.85. The van der Waals surface area contributed by atoms with Crippen molar-refractivity contribution >= 4 is 5.97 Å². The first kappa shape index (κ1) is 28.7. The van der Waals surface area contributed by atoms with Crippen molar-refractivity contribution in [3.63, 3.8) is 0 Å². The number of ether oxygens (including phenoxy) is 2. The van der Waals surface area contributed by atoms with Gasteiger partial charge in [0.15, 0.2) is 0 Å².